The van der Waals surface area contributed by atoms with Gasteiger partial charge in [-0.15, -0.1) is 0 Å². The second-order valence-corrected chi connectivity index (χ2v) is 3.12. The first-order valence-corrected chi connectivity index (χ1v) is 4.65. The number of hydrogen-bond donors (Lipinski definition) is 4. The molecule has 0 fully saturated rings. The zero-order valence-electron chi connectivity index (χ0n) is 9.34. The van der Waals surface area contributed by atoms with Crippen molar-refractivity contribution in [3.05, 3.63) is 50.7 Å². The zero-order valence-corrected chi connectivity index (χ0v) is 9.34. The molecular weight excluding hydrogens is 226 g/mol. The Balaban J connectivity index is 0.000000557. The zero-order chi connectivity index (χ0) is 13.3. The van der Waals surface area contributed by atoms with Crippen molar-refractivity contribution in [3.8, 4) is 0 Å². The van der Waals surface area contributed by atoms with Gasteiger partial charge in [-0.2, -0.15) is 5.84 Å². The summed E-state index contributed by atoms with van der Waals surface area (Å²) in [6.07, 6.45) is 0. The Bertz CT molecular complexity index is 373. The van der Waals surface area contributed by atoms with E-state index in [1.165, 1.54) is 11.1 Å². The quantitative estimate of drug-likeness (QED) is 0.157. The Morgan fingerprint density at radius 1 is 1.41 bits per heavy atom. The van der Waals surface area contributed by atoms with Gasteiger partial charge in [0.15, 0.2) is 0 Å². The van der Waals surface area contributed by atoms with Crippen molar-refractivity contribution in [2.75, 3.05) is 0 Å². The van der Waals surface area contributed by atoms with Crippen LogP contribution in [0.15, 0.2) is 24.3 Å². The molecule has 8 heteroatoms. The van der Waals surface area contributed by atoms with Crippen LogP contribution < -0.4 is 22.0 Å². The molecule has 1 rings (SSSR count). The molecule has 0 aliphatic carbocycles. The molecule has 8 nitrogen and oxygen atoms in total. The fourth-order valence-electron chi connectivity index (χ4n) is 0.954. The maximum absolute atomic E-state index is 8.25. The van der Waals surface area contributed by atoms with Gasteiger partial charge in [-0.05, 0) is 12.5 Å². The summed E-state index contributed by atoms with van der Waals surface area (Å²) in [6.45, 7) is 2.73. The van der Waals surface area contributed by atoms with Gasteiger partial charge in [-0.3, -0.25) is 10.7 Å². The van der Waals surface area contributed by atoms with Gasteiger partial charge in [0, 0.05) is 0 Å². The lowest BCUT2D eigenvalue weighted by atomic mass is 10.1. The van der Waals surface area contributed by atoms with Gasteiger partial charge < -0.3 is 15.3 Å². The molecule has 0 saturated heterocycles. The minimum absolute atomic E-state index is 0.376. The molecule has 0 bridgehead atoms. The average molecular weight is 241 g/mol. The van der Waals surface area contributed by atoms with Crippen LogP contribution in [-0.2, 0) is 6.54 Å². The highest BCUT2D eigenvalue weighted by Crippen LogP contribution is 2.00. The van der Waals surface area contributed by atoms with Crippen LogP contribution in [-0.4, -0.2) is 11.0 Å². The molecular formula is C9H15N5O3. The third-order valence-electron chi connectivity index (χ3n) is 1.76. The number of guanidine groups is 1. The van der Waals surface area contributed by atoms with Crippen LogP contribution >= 0.6 is 0 Å². The molecule has 0 aromatic heterocycles. The van der Waals surface area contributed by atoms with E-state index in [2.05, 4.69) is 29.5 Å². The summed E-state index contributed by atoms with van der Waals surface area (Å²) < 4.78 is 0. The highest BCUT2D eigenvalue weighted by molar-refractivity contribution is 5.70. The van der Waals surface area contributed by atoms with E-state index in [0.717, 1.165) is 0 Å². The molecule has 17 heavy (non-hydrogen) atoms. The van der Waals surface area contributed by atoms with Gasteiger partial charge in [-0.25, -0.2) is 5.43 Å². The maximum Gasteiger partial charge on any atom is 0.358 e. The first-order valence-electron chi connectivity index (χ1n) is 4.65. The average Bonchev–Trinajstić information content (AvgIpc) is 2.27. The minimum atomic E-state index is -1.75. The van der Waals surface area contributed by atoms with E-state index in [9.17, 15) is 0 Å². The van der Waals surface area contributed by atoms with E-state index in [0.29, 0.717) is 12.5 Å². The second-order valence-electron chi connectivity index (χ2n) is 3.12. The van der Waals surface area contributed by atoms with Gasteiger partial charge in [-0.1, -0.05) is 29.8 Å². The molecule has 0 aliphatic rings. The number of hydrazine groups is 1. The Labute approximate surface area is 98.0 Å². The van der Waals surface area contributed by atoms with Crippen LogP contribution in [0, 0.1) is 22.2 Å². The predicted octanol–water partition coefficient (Wildman–Crippen LogP) is -1.89. The fraction of sp³-hybridized carbons (Fsp3) is 0.222. The molecule has 0 heterocycles. The minimum Gasteiger partial charge on any atom is -0.356 e. The van der Waals surface area contributed by atoms with Crippen molar-refractivity contribution in [2.45, 2.75) is 13.5 Å². The molecule has 0 radical (unpaired) electrons. The number of nitrogens with one attached hydrogen (secondary N) is 2. The Morgan fingerprint density at radius 2 is 1.88 bits per heavy atom. The number of nitrogens with zero attached hydrogens (tertiary/aromatic N) is 1. The van der Waals surface area contributed by atoms with E-state index in [1.54, 1.807) is 0 Å². The summed E-state index contributed by atoms with van der Waals surface area (Å²) in [6, 6.07) is 8.21. The van der Waals surface area contributed by atoms with Crippen LogP contribution in [0.2, 0.25) is 0 Å². The van der Waals surface area contributed by atoms with E-state index in [-0.39, 0.29) is 0 Å². The summed E-state index contributed by atoms with van der Waals surface area (Å²) in [5.74, 6) is 5.46. The molecule has 0 atom stereocenters. The van der Waals surface area contributed by atoms with E-state index >= 15 is 0 Å². The van der Waals surface area contributed by atoms with Gasteiger partial charge in [0.25, 0.3) is 0 Å². The van der Waals surface area contributed by atoms with Gasteiger partial charge >= 0.3 is 5.96 Å². The Morgan fingerprint density at radius 3 is 2.29 bits per heavy atom. The van der Waals surface area contributed by atoms with Crippen molar-refractivity contribution >= 4 is 5.96 Å². The number of benzene rings is 1. The number of nitrogens with two attached hydrogens (primary N) is 2. The van der Waals surface area contributed by atoms with Crippen LogP contribution in [0.25, 0.3) is 0 Å². The maximum atomic E-state index is 8.25. The topological polar surface area (TPSA) is 144 Å². The molecule has 6 N–H and O–H groups in total. The Hall–Kier alpha value is -2.35. The van der Waals surface area contributed by atoms with Crippen molar-refractivity contribution in [1.29, 1.82) is 0 Å². The second kappa shape index (κ2) is 7.88. The van der Waals surface area contributed by atoms with Gasteiger partial charge in [0.1, 0.15) is 0 Å². The van der Waals surface area contributed by atoms with Crippen LogP contribution in [0.3, 0.4) is 0 Å². The molecule has 0 amide bonds. The van der Waals surface area contributed by atoms with Crippen LogP contribution in [0.1, 0.15) is 11.1 Å². The highest BCUT2D eigenvalue weighted by Gasteiger charge is 1.94. The summed E-state index contributed by atoms with van der Waals surface area (Å²) in [5, 5.41) is 14.8. The lowest BCUT2D eigenvalue weighted by Gasteiger charge is -1.97. The van der Waals surface area contributed by atoms with E-state index < -0.39 is 5.09 Å². The Kier molecular flexibility index (Phi) is 6.79. The van der Waals surface area contributed by atoms with E-state index in [4.69, 9.17) is 26.9 Å². The summed E-state index contributed by atoms with van der Waals surface area (Å²) in [5.41, 5.74) is 10.2. The van der Waals surface area contributed by atoms with Crippen molar-refractivity contribution in [1.82, 2.24) is 5.43 Å². The number of hydrogen-bond acceptors (Lipinski definition) is 4. The third-order valence-corrected chi connectivity index (χ3v) is 1.76. The predicted molar refractivity (Wildman–Crippen MR) is 62.7 cm³/mol. The van der Waals surface area contributed by atoms with Crippen molar-refractivity contribution in [3.63, 3.8) is 0 Å². The van der Waals surface area contributed by atoms with Crippen LogP contribution in [0.5, 0.6) is 0 Å². The summed E-state index contributed by atoms with van der Waals surface area (Å²) in [7, 11) is 0. The molecule has 0 aliphatic heterocycles. The van der Waals surface area contributed by atoms with Crippen molar-refractivity contribution < 1.29 is 10.1 Å². The monoisotopic (exact) mass is 241 g/mol. The summed E-state index contributed by atoms with van der Waals surface area (Å²) in [4.78, 5) is 11.2. The number of rotatable bonds is 2. The van der Waals surface area contributed by atoms with Crippen LogP contribution in [0.4, 0.5) is 0 Å². The SMILES string of the molecule is Cc1ccc(C[NH+]=C(N)NN)cc1.O=[N+]([O-])[O-]. The smallest absolute Gasteiger partial charge is 0.356 e. The van der Waals surface area contributed by atoms with Gasteiger partial charge in [0.2, 0.25) is 0 Å². The van der Waals surface area contributed by atoms with Gasteiger partial charge in [0.05, 0.1) is 11.6 Å². The molecule has 0 spiro atoms. The molecule has 1 aromatic rings. The standard InChI is InChI=1S/C9H14N4.NO3/c1-7-2-4-8(5-3-7)6-12-9(10)13-11;2-1(3)4/h2-5H,6,11H2,1H3,(H3,10,12,13);/q;-1/p+1. The number of aryl methyl sites for hydroxylation is 1. The molecule has 94 valence electrons. The lowest BCUT2D eigenvalue weighted by Crippen LogP contribution is -2.78. The van der Waals surface area contributed by atoms with E-state index in [1.807, 2.05) is 12.1 Å². The van der Waals surface area contributed by atoms with Crippen molar-refractivity contribution in [2.24, 2.45) is 11.6 Å². The normalized spacial score (nSPS) is 10.1. The fourth-order valence-corrected chi connectivity index (χ4v) is 0.954. The summed E-state index contributed by atoms with van der Waals surface area (Å²) >= 11 is 0. The first-order chi connectivity index (χ1) is 7.95. The molecule has 1 aromatic carbocycles. The molecule has 0 saturated carbocycles. The molecule has 0 unspecified atom stereocenters. The first kappa shape index (κ1) is 14.6. The lowest BCUT2D eigenvalue weighted by molar-refractivity contribution is -0.478. The third kappa shape index (κ3) is 8.63. The highest BCUT2D eigenvalue weighted by atomic mass is 16.9. The largest absolute Gasteiger partial charge is 0.358 e.